The number of rotatable bonds is 7. The van der Waals surface area contributed by atoms with Crippen LogP contribution in [0, 0.1) is 6.92 Å². The van der Waals surface area contributed by atoms with Crippen molar-refractivity contribution < 1.29 is 4.79 Å². The van der Waals surface area contributed by atoms with E-state index in [4.69, 9.17) is 0 Å². The molecule has 0 saturated carbocycles. The van der Waals surface area contributed by atoms with Crippen molar-refractivity contribution in [1.82, 2.24) is 15.1 Å². The first-order valence-electron chi connectivity index (χ1n) is 10.4. The molecule has 2 aromatic carbocycles. The normalized spacial score (nSPS) is 13.4. The molecule has 4 rings (SSSR count). The summed E-state index contributed by atoms with van der Waals surface area (Å²) in [5, 5.41) is 14.1. The van der Waals surface area contributed by atoms with Gasteiger partial charge in [0, 0.05) is 37.0 Å². The molecule has 0 aliphatic carbocycles. The van der Waals surface area contributed by atoms with Crippen LogP contribution >= 0.6 is 0 Å². The van der Waals surface area contributed by atoms with Crippen LogP contribution in [0.1, 0.15) is 41.4 Å². The predicted octanol–water partition coefficient (Wildman–Crippen LogP) is 4.13. The average Bonchev–Trinajstić information content (AvgIpc) is 3.37. The second-order valence-electron chi connectivity index (χ2n) is 7.63. The van der Waals surface area contributed by atoms with Gasteiger partial charge in [-0.1, -0.05) is 18.2 Å². The molecule has 1 aliphatic rings. The molecule has 1 aromatic heterocycles. The number of aromatic nitrogens is 2. The fraction of sp³-hybridized carbons (Fsp3) is 0.292. The van der Waals surface area contributed by atoms with E-state index < -0.39 is 0 Å². The van der Waals surface area contributed by atoms with E-state index in [0.717, 1.165) is 48.6 Å². The zero-order chi connectivity index (χ0) is 20.9. The quantitative estimate of drug-likeness (QED) is 0.606. The first-order chi connectivity index (χ1) is 14.6. The first kappa shape index (κ1) is 19.9. The van der Waals surface area contributed by atoms with Crippen molar-refractivity contribution in [3.63, 3.8) is 0 Å². The van der Waals surface area contributed by atoms with Gasteiger partial charge < -0.3 is 5.32 Å². The van der Waals surface area contributed by atoms with Crippen LogP contribution in [0.5, 0.6) is 0 Å². The molecule has 3 aromatic rings. The number of carbonyl (C=O) groups is 1. The highest BCUT2D eigenvalue weighted by molar-refractivity contribution is 5.94. The van der Waals surface area contributed by atoms with Crippen LogP contribution in [-0.4, -0.2) is 34.5 Å². The standard InChI is InChI=1S/C24H27N5O/c1-18-14-16-28(26-18)23-12-10-20(11-13-23)24(30)25-15-6-7-21-17-29(27-19(21)2)22-8-4-3-5-9-22/h3-5,8-13,17H,6-7,14-16H2,1-2H3,(H,25,30). The molecule has 6 heteroatoms. The second kappa shape index (κ2) is 8.95. The monoisotopic (exact) mass is 401 g/mol. The number of hydrogen-bond donors (Lipinski definition) is 1. The molecule has 30 heavy (non-hydrogen) atoms. The molecule has 6 nitrogen and oxygen atoms in total. The lowest BCUT2D eigenvalue weighted by Gasteiger charge is -2.14. The molecule has 0 fully saturated rings. The molecule has 154 valence electrons. The Morgan fingerprint density at radius 3 is 2.50 bits per heavy atom. The molecule has 0 atom stereocenters. The van der Waals surface area contributed by atoms with Crippen molar-refractivity contribution in [2.24, 2.45) is 5.10 Å². The van der Waals surface area contributed by atoms with Crippen molar-refractivity contribution >= 4 is 17.3 Å². The van der Waals surface area contributed by atoms with Gasteiger partial charge in [-0.15, -0.1) is 0 Å². The van der Waals surface area contributed by atoms with Crippen molar-refractivity contribution in [3.8, 4) is 5.69 Å². The zero-order valence-corrected chi connectivity index (χ0v) is 17.5. The average molecular weight is 402 g/mol. The number of hydrogen-bond acceptors (Lipinski definition) is 4. The number of benzene rings is 2. The van der Waals surface area contributed by atoms with E-state index in [9.17, 15) is 4.79 Å². The lowest BCUT2D eigenvalue weighted by Crippen LogP contribution is -2.24. The summed E-state index contributed by atoms with van der Waals surface area (Å²) < 4.78 is 1.91. The lowest BCUT2D eigenvalue weighted by molar-refractivity contribution is 0.0953. The summed E-state index contributed by atoms with van der Waals surface area (Å²) in [4.78, 5) is 12.4. The Morgan fingerprint density at radius 1 is 1.03 bits per heavy atom. The summed E-state index contributed by atoms with van der Waals surface area (Å²) in [5.74, 6) is -0.0423. The van der Waals surface area contributed by atoms with Crippen molar-refractivity contribution in [3.05, 3.63) is 77.6 Å². The Balaban J connectivity index is 1.27. The largest absolute Gasteiger partial charge is 0.352 e. The molecule has 0 unspecified atom stereocenters. The number of aryl methyl sites for hydroxylation is 2. The number of para-hydroxylation sites is 1. The van der Waals surface area contributed by atoms with E-state index in [1.165, 1.54) is 5.56 Å². The smallest absolute Gasteiger partial charge is 0.251 e. The number of nitrogens with zero attached hydrogens (tertiary/aromatic N) is 4. The Morgan fingerprint density at radius 2 is 1.80 bits per heavy atom. The SMILES string of the molecule is CC1=NN(c2ccc(C(=O)NCCCc3cn(-c4ccccc4)nc3C)cc2)CC1. The summed E-state index contributed by atoms with van der Waals surface area (Å²) in [7, 11) is 0. The maximum Gasteiger partial charge on any atom is 0.251 e. The number of carbonyl (C=O) groups excluding carboxylic acids is 1. The van der Waals surface area contributed by atoms with Crippen molar-refractivity contribution in [1.29, 1.82) is 0 Å². The summed E-state index contributed by atoms with van der Waals surface area (Å²) in [6.07, 6.45) is 4.82. The number of nitrogens with one attached hydrogen (secondary N) is 1. The predicted molar refractivity (Wildman–Crippen MR) is 120 cm³/mol. The highest BCUT2D eigenvalue weighted by Gasteiger charge is 2.13. The van der Waals surface area contributed by atoms with Gasteiger partial charge in [0.1, 0.15) is 0 Å². The van der Waals surface area contributed by atoms with Crippen LogP contribution in [0.3, 0.4) is 0 Å². The third-order valence-corrected chi connectivity index (χ3v) is 5.33. The van der Waals surface area contributed by atoms with E-state index in [0.29, 0.717) is 12.1 Å². The number of amides is 1. The molecule has 1 N–H and O–H groups in total. The zero-order valence-electron chi connectivity index (χ0n) is 17.5. The highest BCUT2D eigenvalue weighted by Crippen LogP contribution is 2.20. The van der Waals surface area contributed by atoms with Gasteiger partial charge in [0.25, 0.3) is 5.91 Å². The van der Waals surface area contributed by atoms with Crippen LogP contribution in [0.2, 0.25) is 0 Å². The van der Waals surface area contributed by atoms with Gasteiger partial charge >= 0.3 is 0 Å². The molecular weight excluding hydrogens is 374 g/mol. The van der Waals surface area contributed by atoms with Gasteiger partial charge in [0.15, 0.2) is 0 Å². The Kier molecular flexibility index (Phi) is 5.93. The van der Waals surface area contributed by atoms with Gasteiger partial charge in [-0.3, -0.25) is 9.80 Å². The molecule has 0 radical (unpaired) electrons. The number of hydrazone groups is 1. The summed E-state index contributed by atoms with van der Waals surface area (Å²) in [5.41, 5.74) is 6.13. The third-order valence-electron chi connectivity index (χ3n) is 5.33. The summed E-state index contributed by atoms with van der Waals surface area (Å²) in [6.45, 7) is 5.60. The summed E-state index contributed by atoms with van der Waals surface area (Å²) in [6, 6.07) is 17.7. The topological polar surface area (TPSA) is 62.5 Å². The molecule has 0 bridgehead atoms. The van der Waals surface area contributed by atoms with Crippen molar-refractivity contribution in [2.45, 2.75) is 33.1 Å². The Labute approximate surface area is 177 Å². The van der Waals surface area contributed by atoms with Gasteiger partial charge in [-0.2, -0.15) is 10.2 Å². The van der Waals surface area contributed by atoms with Crippen LogP contribution in [0.15, 0.2) is 65.9 Å². The minimum atomic E-state index is -0.0423. The van der Waals surface area contributed by atoms with Crippen LogP contribution in [0.25, 0.3) is 5.69 Å². The van der Waals surface area contributed by atoms with E-state index in [-0.39, 0.29) is 5.91 Å². The van der Waals surface area contributed by atoms with Crippen LogP contribution in [-0.2, 0) is 6.42 Å². The van der Waals surface area contributed by atoms with E-state index in [2.05, 4.69) is 21.7 Å². The minimum Gasteiger partial charge on any atom is -0.352 e. The fourth-order valence-electron chi connectivity index (χ4n) is 3.58. The van der Waals surface area contributed by atoms with Crippen LogP contribution < -0.4 is 10.3 Å². The van der Waals surface area contributed by atoms with Gasteiger partial charge in [-0.25, -0.2) is 4.68 Å². The number of anilines is 1. The van der Waals surface area contributed by atoms with Gasteiger partial charge in [0.2, 0.25) is 0 Å². The molecule has 1 aliphatic heterocycles. The molecule has 2 heterocycles. The highest BCUT2D eigenvalue weighted by atomic mass is 16.1. The van der Waals surface area contributed by atoms with Crippen LogP contribution in [0.4, 0.5) is 5.69 Å². The van der Waals surface area contributed by atoms with E-state index in [1.54, 1.807) is 0 Å². The second-order valence-corrected chi connectivity index (χ2v) is 7.63. The van der Waals surface area contributed by atoms with Gasteiger partial charge in [0.05, 0.1) is 17.1 Å². The minimum absolute atomic E-state index is 0.0423. The maximum atomic E-state index is 12.4. The summed E-state index contributed by atoms with van der Waals surface area (Å²) >= 11 is 0. The van der Waals surface area contributed by atoms with Gasteiger partial charge in [-0.05, 0) is 68.7 Å². The Hall–Kier alpha value is -3.41. The fourth-order valence-corrected chi connectivity index (χ4v) is 3.58. The Bertz CT molecular complexity index is 1040. The maximum absolute atomic E-state index is 12.4. The first-order valence-corrected chi connectivity index (χ1v) is 10.4. The molecule has 0 saturated heterocycles. The lowest BCUT2D eigenvalue weighted by atomic mass is 10.1. The van der Waals surface area contributed by atoms with E-state index >= 15 is 0 Å². The molecular formula is C24H27N5O. The van der Waals surface area contributed by atoms with E-state index in [1.807, 2.05) is 78.1 Å². The third kappa shape index (κ3) is 4.59. The molecule has 1 amide bonds. The molecule has 0 spiro atoms. The van der Waals surface area contributed by atoms with Crippen molar-refractivity contribution in [2.75, 3.05) is 18.1 Å².